The van der Waals surface area contributed by atoms with E-state index >= 15 is 0 Å². The van der Waals surface area contributed by atoms with Gasteiger partial charge < -0.3 is 0 Å². The van der Waals surface area contributed by atoms with Gasteiger partial charge in [0.1, 0.15) is 0 Å². The van der Waals surface area contributed by atoms with Crippen molar-refractivity contribution in [2.45, 2.75) is 39.5 Å². The Labute approximate surface area is 113 Å². The van der Waals surface area contributed by atoms with E-state index in [1.807, 2.05) is 19.1 Å². The first-order valence-corrected chi connectivity index (χ1v) is 6.31. The highest BCUT2D eigenvalue weighted by Gasteiger charge is 2.15. The number of carbonyl (C=O) groups is 1. The first-order valence-electron chi connectivity index (χ1n) is 5.95. The molecule has 0 unspecified atom stereocenters. The van der Waals surface area contributed by atoms with E-state index in [1.165, 1.54) is 0 Å². The molecule has 0 saturated heterocycles. The van der Waals surface area contributed by atoms with Crippen LogP contribution in [0.1, 0.15) is 48.9 Å². The highest BCUT2D eigenvalue weighted by atomic mass is 32.1. The summed E-state index contributed by atoms with van der Waals surface area (Å²) >= 11 is 4.43. The molecular formula is C14H16N2OS. The lowest BCUT2D eigenvalue weighted by Gasteiger charge is -2.16. The molecule has 0 saturated carbocycles. The number of aryl methyl sites for hydroxylation is 1. The summed E-state index contributed by atoms with van der Waals surface area (Å²) in [6, 6.07) is 5.86. The number of nitriles is 1. The average molecular weight is 260 g/mol. The lowest BCUT2D eigenvalue weighted by Crippen LogP contribution is -2.08. The van der Waals surface area contributed by atoms with Gasteiger partial charge in [-0.2, -0.15) is 5.26 Å². The van der Waals surface area contributed by atoms with Gasteiger partial charge in [0.15, 0.2) is 0 Å². The van der Waals surface area contributed by atoms with Gasteiger partial charge in [-0.15, -0.1) is 4.36 Å². The minimum absolute atomic E-state index is 0.228. The maximum atomic E-state index is 11.4. The van der Waals surface area contributed by atoms with E-state index in [9.17, 15) is 4.79 Å². The number of rotatable bonds is 4. The van der Waals surface area contributed by atoms with Crippen molar-refractivity contribution in [1.82, 2.24) is 0 Å². The first kappa shape index (κ1) is 14.5. The first-order chi connectivity index (χ1) is 8.53. The summed E-state index contributed by atoms with van der Waals surface area (Å²) in [4.78, 5) is 11.4. The number of hydrogen-bond donors (Lipinski definition) is 0. The minimum Gasteiger partial charge on any atom is -0.271 e. The van der Waals surface area contributed by atoms with Crippen LogP contribution in [0.15, 0.2) is 16.5 Å². The molecule has 0 spiro atoms. The number of nitrogens with zero attached hydrogens (tertiary/aromatic N) is 2. The Morgan fingerprint density at radius 3 is 2.61 bits per heavy atom. The molecule has 0 radical (unpaired) electrons. The summed E-state index contributed by atoms with van der Waals surface area (Å²) in [5.41, 5.74) is 3.69. The molecule has 1 amide bonds. The van der Waals surface area contributed by atoms with Crippen molar-refractivity contribution in [1.29, 1.82) is 5.26 Å². The molecule has 0 bridgehead atoms. The molecule has 3 nitrogen and oxygen atoms in total. The Kier molecular flexibility index (Phi) is 5.11. The summed E-state index contributed by atoms with van der Waals surface area (Å²) in [5, 5.41) is 9.03. The van der Waals surface area contributed by atoms with E-state index in [2.05, 4.69) is 36.7 Å². The smallest absolute Gasteiger partial charge is 0.261 e. The van der Waals surface area contributed by atoms with Gasteiger partial charge in [-0.3, -0.25) is 4.79 Å². The van der Waals surface area contributed by atoms with E-state index in [0.717, 1.165) is 23.1 Å². The Bertz CT molecular complexity index is 515. The molecule has 18 heavy (non-hydrogen) atoms. The van der Waals surface area contributed by atoms with Gasteiger partial charge in [-0.05, 0) is 41.2 Å². The molecule has 1 aromatic carbocycles. The van der Waals surface area contributed by atoms with Crippen LogP contribution >= 0.6 is 0 Å². The Morgan fingerprint density at radius 1 is 1.50 bits per heavy atom. The monoisotopic (exact) mass is 260 g/mol. The lowest BCUT2D eigenvalue weighted by atomic mass is 9.88. The second kappa shape index (κ2) is 6.36. The van der Waals surface area contributed by atoms with Crippen LogP contribution in [0.25, 0.3) is 0 Å². The Hall–Kier alpha value is -1.60. The molecule has 0 aromatic heterocycles. The Morgan fingerprint density at radius 2 is 2.17 bits per heavy atom. The summed E-state index contributed by atoms with van der Waals surface area (Å²) in [6.45, 7) is 6.11. The number of hydrogen-bond acceptors (Lipinski definition) is 3. The number of carbonyl (C=O) groups excluding carboxylic acids is 1. The third kappa shape index (κ3) is 3.21. The maximum Gasteiger partial charge on any atom is 0.261 e. The van der Waals surface area contributed by atoms with Crippen LogP contribution in [0.2, 0.25) is 0 Å². The van der Waals surface area contributed by atoms with Gasteiger partial charge >= 0.3 is 0 Å². The van der Waals surface area contributed by atoms with Crippen LogP contribution in [0.4, 0.5) is 0 Å². The number of benzene rings is 1. The molecule has 0 N–H and O–H groups in total. The topological polar surface area (TPSA) is 53.2 Å². The summed E-state index contributed by atoms with van der Waals surface area (Å²) in [7, 11) is 0. The highest BCUT2D eigenvalue weighted by molar-refractivity contribution is 7.47. The van der Waals surface area contributed by atoms with Crippen molar-refractivity contribution in [2.24, 2.45) is 4.36 Å². The molecule has 0 atom stereocenters. The van der Waals surface area contributed by atoms with E-state index in [4.69, 9.17) is 5.26 Å². The van der Waals surface area contributed by atoms with Crippen molar-refractivity contribution in [3.63, 3.8) is 0 Å². The van der Waals surface area contributed by atoms with Crippen LogP contribution in [0, 0.1) is 11.3 Å². The molecule has 4 heteroatoms. The van der Waals surface area contributed by atoms with Gasteiger partial charge in [-0.25, -0.2) is 0 Å². The zero-order chi connectivity index (χ0) is 13.7. The zero-order valence-electron chi connectivity index (χ0n) is 10.9. The third-order valence-corrected chi connectivity index (χ3v) is 3.14. The number of amides is 1. The quantitative estimate of drug-likeness (QED) is 0.836. The SMILES string of the molecule is CCc1cc(C#N)cc(C(C)C)c1CC(=O)N=S. The van der Waals surface area contributed by atoms with Crippen molar-refractivity contribution in [3.05, 3.63) is 34.4 Å². The molecule has 1 rings (SSSR count). The molecule has 0 heterocycles. The second-order valence-electron chi connectivity index (χ2n) is 4.49. The molecular weight excluding hydrogens is 244 g/mol. The third-order valence-electron chi connectivity index (χ3n) is 2.94. The summed E-state index contributed by atoms with van der Waals surface area (Å²) in [6.07, 6.45) is 1.02. The molecule has 94 valence electrons. The predicted molar refractivity (Wildman–Crippen MR) is 73.1 cm³/mol. The van der Waals surface area contributed by atoms with Gasteiger partial charge in [-0.1, -0.05) is 20.8 Å². The fourth-order valence-electron chi connectivity index (χ4n) is 2.05. The largest absolute Gasteiger partial charge is 0.271 e. The average Bonchev–Trinajstić information content (AvgIpc) is 2.38. The van der Waals surface area contributed by atoms with Crippen molar-refractivity contribution in [2.75, 3.05) is 0 Å². The van der Waals surface area contributed by atoms with Gasteiger partial charge in [0.05, 0.1) is 18.1 Å². The van der Waals surface area contributed by atoms with E-state index in [1.54, 1.807) is 0 Å². The van der Waals surface area contributed by atoms with Crippen molar-refractivity contribution >= 4 is 18.3 Å². The van der Waals surface area contributed by atoms with Crippen LogP contribution in [-0.2, 0) is 30.1 Å². The molecule has 0 aliphatic carbocycles. The zero-order valence-corrected chi connectivity index (χ0v) is 11.7. The normalized spacial score (nSPS) is 10.2. The summed E-state index contributed by atoms with van der Waals surface area (Å²) < 4.78 is 3.28. The molecule has 0 fully saturated rings. The van der Waals surface area contributed by atoms with Crippen molar-refractivity contribution < 1.29 is 4.79 Å². The Balaban J connectivity index is 3.40. The van der Waals surface area contributed by atoms with E-state index < -0.39 is 0 Å². The molecule has 0 aliphatic heterocycles. The van der Waals surface area contributed by atoms with Crippen LogP contribution in [-0.4, -0.2) is 5.91 Å². The highest BCUT2D eigenvalue weighted by Crippen LogP contribution is 2.26. The van der Waals surface area contributed by atoms with E-state index in [-0.39, 0.29) is 18.2 Å². The van der Waals surface area contributed by atoms with Crippen LogP contribution in [0.3, 0.4) is 0 Å². The lowest BCUT2D eigenvalue weighted by molar-refractivity contribution is -0.116. The predicted octanol–water partition coefficient (Wildman–Crippen LogP) is 3.04. The van der Waals surface area contributed by atoms with Gasteiger partial charge in [0.2, 0.25) is 0 Å². The standard InChI is InChI=1S/C14H16N2OS/c1-4-11-5-10(8-15)6-12(9(2)3)13(11)7-14(17)16-18/h5-6,9H,4,7H2,1-3H3. The fraction of sp³-hybridized carbons (Fsp3) is 0.429. The van der Waals surface area contributed by atoms with E-state index in [0.29, 0.717) is 5.56 Å². The van der Waals surface area contributed by atoms with Gasteiger partial charge in [0, 0.05) is 12.4 Å². The fourth-order valence-corrected chi connectivity index (χ4v) is 2.12. The molecule has 0 aliphatic rings. The molecule has 1 aromatic rings. The second-order valence-corrected chi connectivity index (χ2v) is 4.67. The van der Waals surface area contributed by atoms with Crippen molar-refractivity contribution in [3.8, 4) is 6.07 Å². The van der Waals surface area contributed by atoms with Crippen LogP contribution in [0.5, 0.6) is 0 Å². The maximum absolute atomic E-state index is 11.4. The van der Waals surface area contributed by atoms with Crippen LogP contribution < -0.4 is 0 Å². The minimum atomic E-state index is -0.300. The summed E-state index contributed by atoms with van der Waals surface area (Å²) in [5.74, 6) is -0.0390. The van der Waals surface area contributed by atoms with Gasteiger partial charge in [0.25, 0.3) is 5.91 Å².